The van der Waals surface area contributed by atoms with E-state index in [0.29, 0.717) is 0 Å². The average Bonchev–Trinajstić information content (AvgIpc) is 2.63. The summed E-state index contributed by atoms with van der Waals surface area (Å²) in [6.45, 7) is 6.22. The lowest BCUT2D eigenvalue weighted by molar-refractivity contribution is -0.0178. The number of aromatic amines is 1. The zero-order chi connectivity index (χ0) is 13.3. The van der Waals surface area contributed by atoms with Crippen LogP contribution in [0.15, 0.2) is 0 Å². The van der Waals surface area contributed by atoms with Crippen molar-refractivity contribution in [2.45, 2.75) is 45.6 Å². The number of hydrogen-bond acceptors (Lipinski definition) is 4. The number of halogens is 2. The Kier molecular flexibility index (Phi) is 3.49. The highest BCUT2D eigenvalue weighted by molar-refractivity contribution is 5.88. The summed E-state index contributed by atoms with van der Waals surface area (Å²) in [6.07, 6.45) is -0.463. The number of carbonyl (C=O) groups is 1. The first kappa shape index (κ1) is 13.5. The Morgan fingerprint density at radius 3 is 2.41 bits per heavy atom. The SMILES string of the molecule is CCC(F)(F)c1n[nH]nc1C(=O)OC(C)(C)C. The summed E-state index contributed by atoms with van der Waals surface area (Å²) >= 11 is 0. The Labute approximate surface area is 97.5 Å². The summed E-state index contributed by atoms with van der Waals surface area (Å²) in [6, 6.07) is 0. The van der Waals surface area contributed by atoms with E-state index in [1.54, 1.807) is 20.8 Å². The zero-order valence-electron chi connectivity index (χ0n) is 10.2. The monoisotopic (exact) mass is 247 g/mol. The van der Waals surface area contributed by atoms with Gasteiger partial charge in [-0.1, -0.05) is 6.92 Å². The van der Waals surface area contributed by atoms with Crippen LogP contribution in [0.1, 0.15) is 50.3 Å². The van der Waals surface area contributed by atoms with Crippen LogP contribution in [0.25, 0.3) is 0 Å². The molecule has 1 heterocycles. The van der Waals surface area contributed by atoms with Gasteiger partial charge in [0.15, 0.2) is 11.4 Å². The number of carbonyl (C=O) groups excluding carboxylic acids is 1. The molecule has 1 rings (SSSR count). The molecule has 0 unspecified atom stereocenters. The lowest BCUT2D eigenvalue weighted by atomic mass is 10.1. The Morgan fingerprint density at radius 1 is 1.35 bits per heavy atom. The van der Waals surface area contributed by atoms with Crippen LogP contribution in [-0.4, -0.2) is 27.0 Å². The van der Waals surface area contributed by atoms with Gasteiger partial charge in [0.25, 0.3) is 5.92 Å². The van der Waals surface area contributed by atoms with Gasteiger partial charge in [0, 0.05) is 6.42 Å². The molecule has 1 aromatic rings. The lowest BCUT2D eigenvalue weighted by Gasteiger charge is -2.19. The van der Waals surface area contributed by atoms with Gasteiger partial charge in [-0.05, 0) is 20.8 Å². The topological polar surface area (TPSA) is 67.9 Å². The second-order valence-electron chi connectivity index (χ2n) is 4.58. The summed E-state index contributed by atoms with van der Waals surface area (Å²) in [5.74, 6) is -4.10. The number of H-pyrrole nitrogens is 1. The number of ether oxygens (including phenoxy) is 1. The molecule has 0 atom stereocenters. The largest absolute Gasteiger partial charge is 0.455 e. The fourth-order valence-electron chi connectivity index (χ4n) is 1.12. The van der Waals surface area contributed by atoms with Gasteiger partial charge in [-0.15, -0.1) is 5.10 Å². The van der Waals surface area contributed by atoms with Crippen molar-refractivity contribution in [1.29, 1.82) is 0 Å². The van der Waals surface area contributed by atoms with E-state index in [9.17, 15) is 13.6 Å². The summed E-state index contributed by atoms with van der Waals surface area (Å²) in [4.78, 5) is 11.6. The van der Waals surface area contributed by atoms with Gasteiger partial charge in [0.2, 0.25) is 0 Å². The molecule has 1 N–H and O–H groups in total. The molecule has 7 heteroatoms. The molecule has 0 radical (unpaired) electrons. The number of nitrogens with one attached hydrogen (secondary N) is 1. The minimum atomic E-state index is -3.20. The molecule has 0 saturated carbocycles. The summed E-state index contributed by atoms with van der Waals surface area (Å²) in [7, 11) is 0. The first-order valence-corrected chi connectivity index (χ1v) is 5.20. The highest BCUT2D eigenvalue weighted by atomic mass is 19.3. The predicted molar refractivity (Wildman–Crippen MR) is 55.7 cm³/mol. The number of hydrogen-bond donors (Lipinski definition) is 1. The normalized spacial score (nSPS) is 12.6. The second-order valence-corrected chi connectivity index (χ2v) is 4.58. The van der Waals surface area contributed by atoms with Crippen molar-refractivity contribution in [3.05, 3.63) is 11.4 Å². The maximum Gasteiger partial charge on any atom is 0.361 e. The van der Waals surface area contributed by atoms with E-state index in [0.717, 1.165) is 0 Å². The maximum absolute atomic E-state index is 13.4. The molecule has 0 saturated heterocycles. The van der Waals surface area contributed by atoms with Gasteiger partial charge >= 0.3 is 5.97 Å². The molecule has 5 nitrogen and oxygen atoms in total. The van der Waals surface area contributed by atoms with Crippen LogP contribution in [0.3, 0.4) is 0 Å². The molecular formula is C10H15F2N3O2. The van der Waals surface area contributed by atoms with Crippen LogP contribution in [0.2, 0.25) is 0 Å². The summed E-state index contributed by atoms with van der Waals surface area (Å²) in [5.41, 5.74) is -1.91. The van der Waals surface area contributed by atoms with E-state index >= 15 is 0 Å². The molecule has 0 aromatic carbocycles. The standard InChI is InChI=1S/C10H15F2N3O2/c1-5-10(11,12)7-6(13-15-14-7)8(16)17-9(2,3)4/h5H2,1-4H3,(H,13,14,15). The van der Waals surface area contributed by atoms with E-state index in [4.69, 9.17) is 4.74 Å². The van der Waals surface area contributed by atoms with Gasteiger partial charge in [-0.2, -0.15) is 19.1 Å². The van der Waals surface area contributed by atoms with Crippen molar-refractivity contribution in [1.82, 2.24) is 15.4 Å². The predicted octanol–water partition coefficient (Wildman–Crippen LogP) is 2.26. The first-order valence-electron chi connectivity index (χ1n) is 5.20. The summed E-state index contributed by atoms with van der Waals surface area (Å²) in [5, 5.41) is 8.77. The molecule has 96 valence electrons. The number of nitrogens with zero attached hydrogens (tertiary/aromatic N) is 2. The maximum atomic E-state index is 13.4. The Balaban J connectivity index is 3.01. The van der Waals surface area contributed by atoms with E-state index in [1.165, 1.54) is 6.92 Å². The molecule has 0 bridgehead atoms. The second kappa shape index (κ2) is 4.38. The van der Waals surface area contributed by atoms with E-state index in [1.807, 2.05) is 5.21 Å². The highest BCUT2D eigenvalue weighted by Crippen LogP contribution is 2.31. The number of esters is 1. The van der Waals surface area contributed by atoms with Crippen molar-refractivity contribution >= 4 is 5.97 Å². The third-order valence-corrected chi connectivity index (χ3v) is 1.93. The molecule has 17 heavy (non-hydrogen) atoms. The van der Waals surface area contributed by atoms with Gasteiger partial charge in [0.05, 0.1) is 0 Å². The van der Waals surface area contributed by atoms with Crippen molar-refractivity contribution in [2.75, 3.05) is 0 Å². The van der Waals surface area contributed by atoms with Gasteiger partial charge in [0.1, 0.15) is 5.60 Å². The van der Waals surface area contributed by atoms with Crippen LogP contribution < -0.4 is 0 Å². The average molecular weight is 247 g/mol. The van der Waals surface area contributed by atoms with Crippen molar-refractivity contribution in [3.8, 4) is 0 Å². The number of alkyl halides is 2. The van der Waals surface area contributed by atoms with Crippen LogP contribution in [0.5, 0.6) is 0 Å². The minimum Gasteiger partial charge on any atom is -0.455 e. The Bertz CT molecular complexity index is 410. The molecule has 0 spiro atoms. The van der Waals surface area contributed by atoms with E-state index < -0.39 is 35.3 Å². The van der Waals surface area contributed by atoms with Crippen molar-refractivity contribution in [2.24, 2.45) is 0 Å². The van der Waals surface area contributed by atoms with Crippen LogP contribution in [0, 0.1) is 0 Å². The van der Waals surface area contributed by atoms with Crippen LogP contribution in [-0.2, 0) is 10.7 Å². The minimum absolute atomic E-state index is 0.463. The van der Waals surface area contributed by atoms with Gasteiger partial charge in [-0.25, -0.2) is 4.79 Å². The van der Waals surface area contributed by atoms with Gasteiger partial charge < -0.3 is 4.74 Å². The van der Waals surface area contributed by atoms with Crippen LogP contribution >= 0.6 is 0 Å². The lowest BCUT2D eigenvalue weighted by Crippen LogP contribution is -2.26. The third-order valence-electron chi connectivity index (χ3n) is 1.93. The Hall–Kier alpha value is -1.53. The van der Waals surface area contributed by atoms with Crippen molar-refractivity contribution in [3.63, 3.8) is 0 Å². The molecular weight excluding hydrogens is 232 g/mol. The number of rotatable bonds is 3. The third kappa shape index (κ3) is 3.21. The molecule has 0 aliphatic carbocycles. The smallest absolute Gasteiger partial charge is 0.361 e. The summed E-state index contributed by atoms with van der Waals surface area (Å²) < 4.78 is 31.9. The van der Waals surface area contributed by atoms with E-state index in [2.05, 4.69) is 10.2 Å². The van der Waals surface area contributed by atoms with E-state index in [-0.39, 0.29) is 0 Å². The molecule has 0 aliphatic heterocycles. The fraction of sp³-hybridized carbons (Fsp3) is 0.700. The molecule has 0 fully saturated rings. The highest BCUT2D eigenvalue weighted by Gasteiger charge is 2.39. The Morgan fingerprint density at radius 2 is 1.94 bits per heavy atom. The molecule has 1 aromatic heterocycles. The molecule has 0 aliphatic rings. The number of aromatic nitrogens is 3. The first-order chi connectivity index (χ1) is 7.67. The molecule has 0 amide bonds. The van der Waals surface area contributed by atoms with Gasteiger partial charge in [-0.3, -0.25) is 0 Å². The van der Waals surface area contributed by atoms with Crippen LogP contribution in [0.4, 0.5) is 8.78 Å². The zero-order valence-corrected chi connectivity index (χ0v) is 10.2. The van der Waals surface area contributed by atoms with Crippen molar-refractivity contribution < 1.29 is 18.3 Å². The quantitative estimate of drug-likeness (QED) is 0.832. The fourth-order valence-corrected chi connectivity index (χ4v) is 1.12.